The van der Waals surface area contributed by atoms with Crippen LogP contribution in [-0.2, 0) is 9.63 Å². The molecule has 4 bridgehead atoms. The van der Waals surface area contributed by atoms with Crippen LogP contribution in [0.5, 0.6) is 11.5 Å². The van der Waals surface area contributed by atoms with Crippen LogP contribution >= 0.6 is 0 Å². The summed E-state index contributed by atoms with van der Waals surface area (Å²) in [4.78, 5) is 30.1. The van der Waals surface area contributed by atoms with Crippen LogP contribution in [0, 0.1) is 17.8 Å². The van der Waals surface area contributed by atoms with E-state index in [2.05, 4.69) is 17.7 Å². The van der Waals surface area contributed by atoms with Gasteiger partial charge in [0.15, 0.2) is 18.1 Å². The van der Waals surface area contributed by atoms with Gasteiger partial charge in [-0.2, -0.15) is 0 Å². The summed E-state index contributed by atoms with van der Waals surface area (Å²) in [5.41, 5.74) is 2.69. The molecule has 0 heterocycles. The van der Waals surface area contributed by atoms with Gasteiger partial charge in [-0.1, -0.05) is 13.3 Å². The van der Waals surface area contributed by atoms with Gasteiger partial charge in [-0.05, 0) is 80.9 Å². The molecule has 0 unspecified atom stereocenters. The highest BCUT2D eigenvalue weighted by Gasteiger charge is 2.51. The van der Waals surface area contributed by atoms with Gasteiger partial charge >= 0.3 is 0 Å². The second kappa shape index (κ2) is 9.47. The van der Waals surface area contributed by atoms with Crippen LogP contribution in [0.4, 0.5) is 0 Å². The molecule has 0 atom stereocenters. The predicted molar refractivity (Wildman–Crippen MR) is 116 cm³/mol. The molecule has 31 heavy (non-hydrogen) atoms. The fraction of sp³-hybridized carbons (Fsp3) is 0.667. The Balaban J connectivity index is 1.25. The molecule has 0 saturated heterocycles. The molecule has 4 fully saturated rings. The Kier molecular flexibility index (Phi) is 6.70. The highest BCUT2D eigenvalue weighted by molar-refractivity contribution is 5.94. The fourth-order valence-electron chi connectivity index (χ4n) is 6.08. The number of carbonyl (C=O) groups is 2. The van der Waals surface area contributed by atoms with Crippen LogP contribution in [0.1, 0.15) is 68.6 Å². The number of carbonyl (C=O) groups excluding carboxylic acids is 2. The molecule has 7 heteroatoms. The van der Waals surface area contributed by atoms with Crippen molar-refractivity contribution >= 4 is 11.8 Å². The molecular weight excluding hydrogens is 396 g/mol. The Morgan fingerprint density at radius 2 is 1.74 bits per heavy atom. The van der Waals surface area contributed by atoms with E-state index in [-0.39, 0.29) is 18.1 Å². The number of unbranched alkanes of at least 4 members (excludes halogenated alkanes) is 1. The van der Waals surface area contributed by atoms with E-state index in [1.54, 1.807) is 18.2 Å². The first-order chi connectivity index (χ1) is 15.0. The Labute approximate surface area is 184 Å². The lowest BCUT2D eigenvalue weighted by atomic mass is 9.53. The van der Waals surface area contributed by atoms with Gasteiger partial charge in [0.05, 0.1) is 13.7 Å². The molecule has 1 aromatic carbocycles. The number of hydroxylamine groups is 1. The first-order valence-corrected chi connectivity index (χ1v) is 11.5. The number of benzene rings is 1. The van der Waals surface area contributed by atoms with E-state index in [1.165, 1.54) is 26.4 Å². The highest BCUT2D eigenvalue weighted by atomic mass is 16.7. The van der Waals surface area contributed by atoms with Gasteiger partial charge in [0, 0.05) is 11.1 Å². The Morgan fingerprint density at radius 1 is 1.06 bits per heavy atom. The third-order valence-electron chi connectivity index (χ3n) is 6.99. The zero-order chi connectivity index (χ0) is 21.8. The van der Waals surface area contributed by atoms with Crippen molar-refractivity contribution in [1.82, 2.24) is 10.8 Å². The van der Waals surface area contributed by atoms with Crippen LogP contribution in [0.25, 0.3) is 0 Å². The van der Waals surface area contributed by atoms with Crippen molar-refractivity contribution in [3.8, 4) is 11.5 Å². The molecule has 0 aromatic heterocycles. The van der Waals surface area contributed by atoms with Crippen molar-refractivity contribution in [1.29, 1.82) is 0 Å². The first-order valence-electron chi connectivity index (χ1n) is 11.5. The molecule has 7 nitrogen and oxygen atoms in total. The summed E-state index contributed by atoms with van der Waals surface area (Å²) < 4.78 is 11.0. The summed E-state index contributed by atoms with van der Waals surface area (Å²) in [7, 11) is 1.54. The quantitative estimate of drug-likeness (QED) is 0.437. The molecule has 0 aliphatic heterocycles. The van der Waals surface area contributed by atoms with Gasteiger partial charge in [0.25, 0.3) is 5.91 Å². The van der Waals surface area contributed by atoms with Gasteiger partial charge < -0.3 is 14.8 Å². The number of nitrogens with one attached hydrogen (secondary N) is 2. The molecular formula is C24H34N2O5. The van der Waals surface area contributed by atoms with E-state index >= 15 is 0 Å². The average molecular weight is 431 g/mol. The monoisotopic (exact) mass is 430 g/mol. The van der Waals surface area contributed by atoms with Crippen molar-refractivity contribution in [2.24, 2.45) is 17.8 Å². The summed E-state index contributed by atoms with van der Waals surface area (Å²) in [6, 6.07) is 4.97. The Bertz CT molecular complexity index is 774. The first kappa shape index (κ1) is 21.9. The number of ether oxygens (including phenoxy) is 2. The zero-order valence-corrected chi connectivity index (χ0v) is 18.6. The number of rotatable bonds is 10. The number of hydrogen-bond donors (Lipinski definition) is 2. The Morgan fingerprint density at radius 3 is 2.35 bits per heavy atom. The van der Waals surface area contributed by atoms with E-state index in [0.717, 1.165) is 49.9 Å². The van der Waals surface area contributed by atoms with Crippen molar-refractivity contribution in [3.63, 3.8) is 0 Å². The van der Waals surface area contributed by atoms with E-state index in [4.69, 9.17) is 14.3 Å². The average Bonchev–Trinajstić information content (AvgIpc) is 2.72. The van der Waals surface area contributed by atoms with Crippen molar-refractivity contribution in [2.75, 3.05) is 20.3 Å². The van der Waals surface area contributed by atoms with Crippen LogP contribution in [0.15, 0.2) is 18.2 Å². The van der Waals surface area contributed by atoms with Crippen molar-refractivity contribution in [2.45, 2.75) is 63.8 Å². The smallest absolute Gasteiger partial charge is 0.274 e. The van der Waals surface area contributed by atoms with Crippen LogP contribution < -0.4 is 20.3 Å². The number of hydrogen-bond acceptors (Lipinski definition) is 5. The maximum atomic E-state index is 12.5. The van der Waals surface area contributed by atoms with E-state index in [1.807, 2.05) is 0 Å². The molecule has 170 valence electrons. The molecule has 5 rings (SSSR count). The topological polar surface area (TPSA) is 85.9 Å². The molecule has 2 N–H and O–H groups in total. The van der Waals surface area contributed by atoms with Gasteiger partial charge in [-0.15, -0.1) is 0 Å². The van der Waals surface area contributed by atoms with E-state index in [9.17, 15) is 9.59 Å². The lowest BCUT2D eigenvalue weighted by molar-refractivity contribution is -0.133. The largest absolute Gasteiger partial charge is 0.493 e. The van der Waals surface area contributed by atoms with Crippen molar-refractivity contribution in [3.05, 3.63) is 23.8 Å². The Hall–Kier alpha value is -2.28. The SMILES string of the molecule is CCCCOc1ccc(C(=O)NOCC(=O)NC23CC4CC(CC(C4)C2)C3)cc1OC. The molecule has 2 amide bonds. The van der Waals surface area contributed by atoms with Gasteiger partial charge in [-0.25, -0.2) is 5.48 Å². The summed E-state index contributed by atoms with van der Waals surface area (Å²) in [5, 5.41) is 3.24. The van der Waals surface area contributed by atoms with Gasteiger partial charge in [0.1, 0.15) is 0 Å². The van der Waals surface area contributed by atoms with E-state index < -0.39 is 5.91 Å². The molecule has 4 aliphatic rings. The van der Waals surface area contributed by atoms with Crippen LogP contribution in [0.3, 0.4) is 0 Å². The maximum Gasteiger partial charge on any atom is 0.274 e. The van der Waals surface area contributed by atoms with Gasteiger partial charge in [0.2, 0.25) is 5.91 Å². The summed E-state index contributed by atoms with van der Waals surface area (Å²) in [6.45, 7) is 2.50. The molecule has 4 aliphatic carbocycles. The summed E-state index contributed by atoms with van der Waals surface area (Å²) in [5.74, 6) is 2.77. The molecule has 0 spiro atoms. The summed E-state index contributed by atoms with van der Waals surface area (Å²) in [6.07, 6.45) is 9.23. The second-order valence-corrected chi connectivity index (χ2v) is 9.53. The minimum atomic E-state index is -0.430. The third-order valence-corrected chi connectivity index (χ3v) is 6.99. The third kappa shape index (κ3) is 5.14. The minimum absolute atomic E-state index is 0.0554. The molecule has 4 saturated carbocycles. The number of methoxy groups -OCH3 is 1. The lowest BCUT2D eigenvalue weighted by Gasteiger charge is -2.56. The van der Waals surface area contributed by atoms with E-state index in [0.29, 0.717) is 23.7 Å². The van der Waals surface area contributed by atoms with Crippen LogP contribution in [-0.4, -0.2) is 37.7 Å². The maximum absolute atomic E-state index is 12.5. The van der Waals surface area contributed by atoms with Crippen LogP contribution in [0.2, 0.25) is 0 Å². The highest BCUT2D eigenvalue weighted by Crippen LogP contribution is 2.55. The standard InChI is InChI=1S/C24H34N2O5/c1-3-4-7-30-20-6-5-19(11-21(20)29-2)23(28)26-31-15-22(27)25-24-12-16-8-17(13-24)10-18(9-16)14-24/h5-6,11,16-18H,3-4,7-10,12-15H2,1-2H3,(H,25,27)(H,26,28). The van der Waals surface area contributed by atoms with Gasteiger partial charge in [-0.3, -0.25) is 14.4 Å². The summed E-state index contributed by atoms with van der Waals surface area (Å²) >= 11 is 0. The molecule has 0 radical (unpaired) electrons. The molecule has 1 aromatic rings. The minimum Gasteiger partial charge on any atom is -0.493 e. The lowest BCUT2D eigenvalue weighted by Crippen LogP contribution is -2.60. The normalized spacial score (nSPS) is 28.3. The number of amides is 2. The fourth-order valence-corrected chi connectivity index (χ4v) is 6.08. The zero-order valence-electron chi connectivity index (χ0n) is 18.6. The second-order valence-electron chi connectivity index (χ2n) is 9.53. The van der Waals surface area contributed by atoms with Crippen molar-refractivity contribution < 1.29 is 23.9 Å². The predicted octanol–water partition coefficient (Wildman–Crippen LogP) is 3.62.